The molecule has 1 unspecified atom stereocenters. The molecule has 0 aliphatic carbocycles. The maximum Gasteiger partial charge on any atom is 0.416 e. The highest BCUT2D eigenvalue weighted by Gasteiger charge is 2.38. The number of hydrogen-bond acceptors (Lipinski definition) is 4. The molecule has 1 atom stereocenters. The van der Waals surface area contributed by atoms with Gasteiger partial charge >= 0.3 is 24.7 Å². The average molecular weight is 896 g/mol. The van der Waals surface area contributed by atoms with E-state index in [1.807, 2.05) is 6.07 Å². The van der Waals surface area contributed by atoms with Crippen molar-refractivity contribution in [3.05, 3.63) is 190 Å². The molecule has 62 heavy (non-hydrogen) atoms. The van der Waals surface area contributed by atoms with E-state index >= 15 is 0 Å². The van der Waals surface area contributed by atoms with Crippen LogP contribution in [0.3, 0.4) is 0 Å². The fraction of sp³-hybridized carbons (Fsp3) is 0.140. The topological polar surface area (TPSA) is 77.3 Å². The molecule has 0 N–H and O–H groups in total. The van der Waals surface area contributed by atoms with Gasteiger partial charge < -0.3 is 0 Å². The van der Waals surface area contributed by atoms with E-state index in [9.17, 15) is 71.8 Å². The van der Waals surface area contributed by atoms with E-state index in [0.29, 0.717) is 59.0 Å². The van der Waals surface area contributed by atoms with Gasteiger partial charge in [-0.3, -0.25) is 14.9 Å². The largest absolute Gasteiger partial charge is 0.416 e. The summed E-state index contributed by atoms with van der Waals surface area (Å²) in [5.74, 6) is -0.407. The van der Waals surface area contributed by atoms with E-state index in [1.54, 1.807) is 30.5 Å². The van der Waals surface area contributed by atoms with Crippen LogP contribution in [-0.2, 0) is 38.8 Å². The second-order valence-electron chi connectivity index (χ2n) is 14.0. The summed E-state index contributed by atoms with van der Waals surface area (Å²) < 4.78 is 173. The maximum absolute atomic E-state index is 13.3. The fourth-order valence-corrected chi connectivity index (χ4v) is 8.46. The fourth-order valence-electron chi connectivity index (χ4n) is 6.89. The molecule has 324 valence electrons. The van der Waals surface area contributed by atoms with Crippen molar-refractivity contribution in [3.8, 4) is 0 Å². The second kappa shape index (κ2) is 17.6. The van der Waals surface area contributed by atoms with Crippen molar-refractivity contribution in [2.24, 2.45) is 0 Å². The van der Waals surface area contributed by atoms with E-state index in [2.05, 4.69) is 0 Å². The van der Waals surface area contributed by atoms with Crippen LogP contribution in [0.25, 0.3) is 0 Å². The first-order chi connectivity index (χ1) is 28.7. The summed E-state index contributed by atoms with van der Waals surface area (Å²) in [6, 6.07) is 27.7. The smallest absolute Gasteiger partial charge is 0.289 e. The minimum Gasteiger partial charge on any atom is -0.289 e. The summed E-state index contributed by atoms with van der Waals surface area (Å²) >= 11 is 0. The molecule has 0 amide bonds. The minimum absolute atomic E-state index is 0.0114. The average Bonchev–Trinajstić information content (AvgIpc) is 3.21. The standard InChI is InChI=1S/C28H16BF12.C15H14NO4S/c30-25(31,32)17-1-9-21(10-2-17)29(22-11-3-18(4-12-22)26(33,34)35,23-13-5-19(6-14-23)27(36,37)38)24-15-7-20(8-16-24)28(39,40)41;1-21(20,14-5-3-2-4-6-14)11-15(17)12-7-9-13(10-8-12)16(18)19/h1-16H;2-10H,11H2,1H3/q-1;+1. The second-order valence-corrected chi connectivity index (χ2v) is 16.8. The number of nitrogens with zero attached hydrogens (tertiary/aromatic N) is 1. The summed E-state index contributed by atoms with van der Waals surface area (Å²) in [4.78, 5) is 22.8. The molecule has 0 fully saturated rings. The lowest BCUT2D eigenvalue weighted by Gasteiger charge is -2.44. The van der Waals surface area contributed by atoms with Gasteiger partial charge in [-0.2, -0.15) is 74.5 Å². The first-order valence-corrected chi connectivity index (χ1v) is 20.0. The van der Waals surface area contributed by atoms with Crippen LogP contribution in [0.15, 0.2) is 157 Å². The quantitative estimate of drug-likeness (QED) is 0.0362. The van der Waals surface area contributed by atoms with Gasteiger partial charge in [0.15, 0.2) is 10.6 Å². The van der Waals surface area contributed by atoms with E-state index in [4.69, 9.17) is 0 Å². The molecular formula is C43H30BF12NO4S. The normalized spacial score (nSPS) is 13.4. The third-order valence-corrected chi connectivity index (χ3v) is 12.1. The highest BCUT2D eigenvalue weighted by atomic mass is 32.2. The summed E-state index contributed by atoms with van der Waals surface area (Å²) in [6.07, 6.45) is -20.4. The lowest BCUT2D eigenvalue weighted by atomic mass is 9.13. The number of ketones is 1. The minimum atomic E-state index is -4.77. The van der Waals surface area contributed by atoms with Crippen LogP contribution in [0.2, 0.25) is 0 Å². The Morgan fingerprint density at radius 1 is 0.500 bits per heavy atom. The van der Waals surface area contributed by atoms with Crippen LogP contribution < -0.4 is 21.9 Å². The Labute approximate surface area is 346 Å². The third-order valence-electron chi connectivity index (χ3n) is 10.0. The number of rotatable bonds is 9. The number of nitro benzene ring substituents is 1. The van der Waals surface area contributed by atoms with Crippen molar-refractivity contribution >= 4 is 49.4 Å². The molecule has 0 heterocycles. The molecule has 0 saturated heterocycles. The van der Waals surface area contributed by atoms with Gasteiger partial charge in [0.25, 0.3) is 5.69 Å². The number of hydrogen-bond donors (Lipinski definition) is 0. The molecule has 6 rings (SSSR count). The van der Waals surface area contributed by atoms with E-state index in [1.165, 1.54) is 24.3 Å². The van der Waals surface area contributed by atoms with Crippen LogP contribution in [0.5, 0.6) is 0 Å². The zero-order chi connectivity index (χ0) is 45.9. The molecule has 0 aliphatic rings. The van der Waals surface area contributed by atoms with Crippen LogP contribution in [0.4, 0.5) is 58.4 Å². The van der Waals surface area contributed by atoms with Gasteiger partial charge in [-0.1, -0.05) is 119 Å². The zero-order valence-corrected chi connectivity index (χ0v) is 32.6. The van der Waals surface area contributed by atoms with Gasteiger partial charge in [0.2, 0.25) is 5.78 Å². The van der Waals surface area contributed by atoms with Gasteiger partial charge in [0.05, 0.1) is 27.2 Å². The number of nitro groups is 1. The molecule has 5 nitrogen and oxygen atoms in total. The Kier molecular flexibility index (Phi) is 13.3. The third kappa shape index (κ3) is 10.6. The summed E-state index contributed by atoms with van der Waals surface area (Å²) in [6.45, 7) is 0. The number of benzene rings is 6. The van der Waals surface area contributed by atoms with Gasteiger partial charge in [-0.15, -0.1) is 0 Å². The lowest BCUT2D eigenvalue weighted by molar-refractivity contribution is -0.384. The van der Waals surface area contributed by atoms with Crippen LogP contribution in [0, 0.1) is 10.1 Å². The monoisotopic (exact) mass is 895 g/mol. The lowest BCUT2D eigenvalue weighted by Crippen LogP contribution is -2.74. The Bertz CT molecular complexity index is 2310. The van der Waals surface area contributed by atoms with Gasteiger partial charge in [-0.05, 0) is 24.3 Å². The zero-order valence-electron chi connectivity index (χ0n) is 31.7. The molecule has 0 aliphatic heterocycles. The Morgan fingerprint density at radius 3 is 1.05 bits per heavy atom. The molecule has 0 bridgehead atoms. The molecule has 6 aromatic rings. The highest BCUT2D eigenvalue weighted by molar-refractivity contribution is 8.03. The molecule has 0 radical (unpaired) electrons. The van der Waals surface area contributed by atoms with Crippen molar-refractivity contribution in [1.82, 2.24) is 0 Å². The predicted molar refractivity (Wildman–Crippen MR) is 211 cm³/mol. The van der Waals surface area contributed by atoms with Crippen molar-refractivity contribution in [3.63, 3.8) is 0 Å². The molecule has 0 saturated carbocycles. The number of non-ortho nitro benzene ring substituents is 1. The summed E-state index contributed by atoms with van der Waals surface area (Å²) in [7, 11) is -2.47. The van der Waals surface area contributed by atoms with E-state index < -0.39 is 68.0 Å². The number of carbonyl (C=O) groups is 1. The number of carbonyl (C=O) groups excluding carboxylic acids is 1. The highest BCUT2D eigenvalue weighted by Crippen LogP contribution is 2.32. The van der Waals surface area contributed by atoms with Crippen molar-refractivity contribution in [1.29, 1.82) is 0 Å². The number of halogens is 12. The predicted octanol–water partition coefficient (Wildman–Crippen LogP) is 10.1. The van der Waals surface area contributed by atoms with Gasteiger partial charge in [0, 0.05) is 17.7 Å². The Hall–Kier alpha value is -6.24. The SMILES string of the molecule is C[S+](=O)(CC(=O)c1ccc([N+](=O)[O-])cc1)c1ccccc1.FC(F)(F)c1ccc([B-](c2ccc(C(F)(F)F)cc2)(c2ccc(C(F)(F)F)cc2)c2ccc(C(F)(F)F)cc2)cc1. The first kappa shape index (κ1) is 46.8. The van der Waals surface area contributed by atoms with Crippen LogP contribution in [-0.4, -0.2) is 28.9 Å². The summed E-state index contributed by atoms with van der Waals surface area (Å²) in [5.41, 5.74) is -4.05. The molecule has 6 aromatic carbocycles. The Balaban J connectivity index is 0.000000290. The van der Waals surface area contributed by atoms with E-state index in [0.717, 1.165) is 48.5 Å². The van der Waals surface area contributed by atoms with Crippen molar-refractivity contribution < 1.29 is 66.6 Å². The van der Waals surface area contributed by atoms with Gasteiger partial charge in [0.1, 0.15) is 22.3 Å². The van der Waals surface area contributed by atoms with E-state index in [-0.39, 0.29) is 39.1 Å². The number of Topliss-reactive ketones (excluding diaryl/α,β-unsaturated/α-hetero) is 1. The molecule has 0 spiro atoms. The summed E-state index contributed by atoms with van der Waals surface area (Å²) in [5, 5.41) is 10.6. The molecule has 19 heteroatoms. The maximum atomic E-state index is 13.3. The van der Waals surface area contributed by atoms with Crippen LogP contribution in [0.1, 0.15) is 32.6 Å². The van der Waals surface area contributed by atoms with Crippen LogP contribution >= 0.6 is 0 Å². The Morgan fingerprint density at radius 2 is 0.790 bits per heavy atom. The molecular weight excluding hydrogens is 865 g/mol. The first-order valence-electron chi connectivity index (χ1n) is 17.9. The van der Waals surface area contributed by atoms with Crippen molar-refractivity contribution in [2.75, 3.05) is 12.0 Å². The number of alkyl halides is 12. The molecule has 0 aromatic heterocycles. The van der Waals surface area contributed by atoms with Gasteiger partial charge in [-0.25, -0.2) is 0 Å². The van der Waals surface area contributed by atoms with Crippen molar-refractivity contribution in [2.45, 2.75) is 29.6 Å².